The van der Waals surface area contributed by atoms with E-state index in [9.17, 15) is 14.7 Å². The second-order valence-electron chi connectivity index (χ2n) is 4.62. The van der Waals surface area contributed by atoms with E-state index in [0.717, 1.165) is 25.7 Å². The number of hydrogen-bond acceptors (Lipinski definition) is 4. The van der Waals surface area contributed by atoms with Crippen molar-refractivity contribution >= 4 is 11.9 Å². The Morgan fingerprint density at radius 1 is 1.29 bits per heavy atom. The lowest BCUT2D eigenvalue weighted by Crippen LogP contribution is -2.44. The molecule has 0 aromatic carbocycles. The van der Waals surface area contributed by atoms with Crippen molar-refractivity contribution in [1.82, 2.24) is 5.32 Å². The first-order valence-electron chi connectivity index (χ1n) is 6.19. The number of aliphatic hydroxyl groups is 1. The first-order valence-corrected chi connectivity index (χ1v) is 6.19. The highest BCUT2D eigenvalue weighted by atomic mass is 16.5. The van der Waals surface area contributed by atoms with Crippen molar-refractivity contribution in [1.29, 1.82) is 0 Å². The minimum Gasteiger partial charge on any atom is -0.459 e. The van der Waals surface area contributed by atoms with E-state index in [1.807, 2.05) is 0 Å². The van der Waals surface area contributed by atoms with Gasteiger partial charge in [-0.3, -0.25) is 4.79 Å². The van der Waals surface area contributed by atoms with Gasteiger partial charge in [0, 0.05) is 12.0 Å². The summed E-state index contributed by atoms with van der Waals surface area (Å²) >= 11 is 0. The summed E-state index contributed by atoms with van der Waals surface area (Å²) in [5.41, 5.74) is -0.250. The number of amides is 1. The summed E-state index contributed by atoms with van der Waals surface area (Å²) in [5.74, 6) is -1.57. The molecule has 98 valence electrons. The Labute approximate surface area is 102 Å². The first-order chi connectivity index (χ1) is 8.13. The van der Waals surface area contributed by atoms with E-state index in [-0.39, 0.29) is 18.6 Å². The first kappa shape index (κ1) is 14.0. The third-order valence-corrected chi connectivity index (χ3v) is 3.33. The predicted molar refractivity (Wildman–Crippen MR) is 62.2 cm³/mol. The molecule has 0 saturated heterocycles. The van der Waals surface area contributed by atoms with E-state index < -0.39 is 11.9 Å². The van der Waals surface area contributed by atoms with Gasteiger partial charge < -0.3 is 15.2 Å². The van der Waals surface area contributed by atoms with E-state index in [2.05, 4.69) is 10.1 Å². The van der Waals surface area contributed by atoms with Crippen LogP contribution in [0.1, 0.15) is 39.0 Å². The molecular weight excluding hydrogens is 222 g/mol. The van der Waals surface area contributed by atoms with Crippen LogP contribution in [-0.2, 0) is 14.3 Å². The molecule has 5 heteroatoms. The molecule has 5 nitrogen and oxygen atoms in total. The largest absolute Gasteiger partial charge is 0.459 e. The molecule has 1 aliphatic carbocycles. The number of carbonyl (C=O) groups is 2. The SMILES string of the molecule is CCOC(=O)C(=O)NCC1(CO)CCCCC1. The molecular formula is C12H21NO4. The normalized spacial score (nSPS) is 18.5. The van der Waals surface area contributed by atoms with Crippen LogP contribution in [0.25, 0.3) is 0 Å². The van der Waals surface area contributed by atoms with Gasteiger partial charge in [-0.25, -0.2) is 4.79 Å². The fraction of sp³-hybridized carbons (Fsp3) is 0.833. The van der Waals surface area contributed by atoms with Gasteiger partial charge in [0.1, 0.15) is 0 Å². The lowest BCUT2D eigenvalue weighted by molar-refractivity contribution is -0.154. The number of carbonyl (C=O) groups excluding carboxylic acids is 2. The van der Waals surface area contributed by atoms with Crippen molar-refractivity contribution in [3.63, 3.8) is 0 Å². The smallest absolute Gasteiger partial charge is 0.396 e. The number of esters is 1. The number of aliphatic hydroxyl groups excluding tert-OH is 1. The molecule has 17 heavy (non-hydrogen) atoms. The van der Waals surface area contributed by atoms with Gasteiger partial charge >= 0.3 is 11.9 Å². The van der Waals surface area contributed by atoms with Gasteiger partial charge in [-0.15, -0.1) is 0 Å². The second-order valence-corrected chi connectivity index (χ2v) is 4.62. The van der Waals surface area contributed by atoms with E-state index in [1.54, 1.807) is 6.92 Å². The average Bonchev–Trinajstić information content (AvgIpc) is 2.37. The van der Waals surface area contributed by atoms with Gasteiger partial charge in [-0.05, 0) is 19.8 Å². The van der Waals surface area contributed by atoms with E-state index >= 15 is 0 Å². The maximum Gasteiger partial charge on any atom is 0.396 e. The third-order valence-electron chi connectivity index (χ3n) is 3.33. The molecule has 0 aliphatic heterocycles. The van der Waals surface area contributed by atoms with Crippen LogP contribution in [0.4, 0.5) is 0 Å². The van der Waals surface area contributed by atoms with Crippen LogP contribution in [0.15, 0.2) is 0 Å². The van der Waals surface area contributed by atoms with Crippen molar-refractivity contribution in [2.45, 2.75) is 39.0 Å². The minimum absolute atomic E-state index is 0.0517. The lowest BCUT2D eigenvalue weighted by atomic mass is 9.74. The molecule has 1 aliphatic rings. The van der Waals surface area contributed by atoms with Gasteiger partial charge in [0.05, 0.1) is 13.2 Å². The molecule has 1 amide bonds. The highest BCUT2D eigenvalue weighted by molar-refractivity contribution is 6.32. The molecule has 1 rings (SSSR count). The molecule has 2 N–H and O–H groups in total. The minimum atomic E-state index is -0.851. The molecule has 0 bridgehead atoms. The molecule has 0 aromatic heterocycles. The number of ether oxygens (including phenoxy) is 1. The van der Waals surface area contributed by atoms with Gasteiger partial charge in [-0.2, -0.15) is 0 Å². The summed E-state index contributed by atoms with van der Waals surface area (Å²) < 4.78 is 4.60. The molecule has 0 heterocycles. The summed E-state index contributed by atoms with van der Waals surface area (Å²) in [4.78, 5) is 22.5. The molecule has 0 radical (unpaired) electrons. The monoisotopic (exact) mass is 243 g/mol. The Morgan fingerprint density at radius 3 is 2.47 bits per heavy atom. The average molecular weight is 243 g/mol. The Hall–Kier alpha value is -1.10. The van der Waals surface area contributed by atoms with Crippen molar-refractivity contribution in [3.05, 3.63) is 0 Å². The summed E-state index contributed by atoms with van der Waals surface area (Å²) in [6.07, 6.45) is 5.10. The zero-order chi connectivity index (χ0) is 12.7. The van der Waals surface area contributed by atoms with Gasteiger partial charge in [-0.1, -0.05) is 19.3 Å². The molecule has 1 saturated carbocycles. The Balaban J connectivity index is 2.41. The predicted octanol–water partition coefficient (Wildman–Crippen LogP) is 0.608. The third kappa shape index (κ3) is 4.00. The van der Waals surface area contributed by atoms with Crippen molar-refractivity contribution in [2.24, 2.45) is 5.41 Å². The van der Waals surface area contributed by atoms with E-state index in [0.29, 0.717) is 6.54 Å². The summed E-state index contributed by atoms with van der Waals surface area (Å²) in [6, 6.07) is 0. The van der Waals surface area contributed by atoms with Crippen LogP contribution >= 0.6 is 0 Å². The fourth-order valence-electron chi connectivity index (χ4n) is 2.23. The summed E-state index contributed by atoms with van der Waals surface area (Å²) in [7, 11) is 0. The van der Waals surface area contributed by atoms with Crippen LogP contribution < -0.4 is 5.32 Å². The number of hydrogen-bond donors (Lipinski definition) is 2. The molecule has 0 unspecified atom stereocenters. The van der Waals surface area contributed by atoms with Crippen molar-refractivity contribution in [3.8, 4) is 0 Å². The summed E-state index contributed by atoms with van der Waals surface area (Å²) in [6.45, 7) is 2.25. The van der Waals surface area contributed by atoms with Crippen LogP contribution in [0, 0.1) is 5.41 Å². The molecule has 0 spiro atoms. The lowest BCUT2D eigenvalue weighted by Gasteiger charge is -2.35. The topological polar surface area (TPSA) is 75.6 Å². The summed E-state index contributed by atoms with van der Waals surface area (Å²) in [5, 5.41) is 12.0. The van der Waals surface area contributed by atoms with Gasteiger partial charge in [0.2, 0.25) is 0 Å². The van der Waals surface area contributed by atoms with Crippen LogP contribution in [-0.4, -0.2) is 36.7 Å². The molecule has 0 aromatic rings. The molecule has 0 atom stereocenters. The maximum atomic E-state index is 11.4. The van der Waals surface area contributed by atoms with Crippen LogP contribution in [0.3, 0.4) is 0 Å². The number of rotatable bonds is 4. The zero-order valence-corrected chi connectivity index (χ0v) is 10.3. The van der Waals surface area contributed by atoms with Crippen LogP contribution in [0.5, 0.6) is 0 Å². The Morgan fingerprint density at radius 2 is 1.94 bits per heavy atom. The maximum absolute atomic E-state index is 11.4. The van der Waals surface area contributed by atoms with E-state index in [1.165, 1.54) is 6.42 Å². The van der Waals surface area contributed by atoms with Crippen LogP contribution in [0.2, 0.25) is 0 Å². The number of nitrogens with one attached hydrogen (secondary N) is 1. The zero-order valence-electron chi connectivity index (χ0n) is 10.3. The van der Waals surface area contributed by atoms with Crippen molar-refractivity contribution in [2.75, 3.05) is 19.8 Å². The highest BCUT2D eigenvalue weighted by Crippen LogP contribution is 2.35. The Bertz CT molecular complexity index is 272. The fourth-order valence-corrected chi connectivity index (χ4v) is 2.23. The molecule has 1 fully saturated rings. The van der Waals surface area contributed by atoms with Crippen molar-refractivity contribution < 1.29 is 19.4 Å². The van der Waals surface area contributed by atoms with Gasteiger partial charge in [0.25, 0.3) is 0 Å². The Kier molecular flexibility index (Phi) is 5.41. The van der Waals surface area contributed by atoms with E-state index in [4.69, 9.17) is 0 Å². The quantitative estimate of drug-likeness (QED) is 0.560. The van der Waals surface area contributed by atoms with Gasteiger partial charge in [0.15, 0.2) is 0 Å². The standard InChI is InChI=1S/C12H21NO4/c1-2-17-11(16)10(15)13-8-12(9-14)6-4-3-5-7-12/h14H,2-9H2,1H3,(H,13,15). The second kappa shape index (κ2) is 6.59. The highest BCUT2D eigenvalue weighted by Gasteiger charge is 2.32.